The molecule has 0 aliphatic heterocycles. The van der Waals surface area contributed by atoms with Crippen LogP contribution < -0.4 is 5.32 Å². The Morgan fingerprint density at radius 1 is 1.14 bits per heavy atom. The van der Waals surface area contributed by atoms with E-state index in [-0.39, 0.29) is 11.9 Å². The second-order valence-electron chi connectivity index (χ2n) is 5.26. The Labute approximate surface area is 134 Å². The van der Waals surface area contributed by atoms with Gasteiger partial charge in [0.25, 0.3) is 0 Å². The van der Waals surface area contributed by atoms with Gasteiger partial charge in [0, 0.05) is 10.5 Å². The van der Waals surface area contributed by atoms with Crippen LogP contribution in [0.15, 0.2) is 53.0 Å². The zero-order valence-corrected chi connectivity index (χ0v) is 14.0. The van der Waals surface area contributed by atoms with Crippen LogP contribution in [-0.4, -0.2) is 13.1 Å². The highest BCUT2D eigenvalue weighted by molar-refractivity contribution is 9.10. The molecule has 2 rings (SSSR count). The average Bonchev–Trinajstić information content (AvgIpc) is 2.50. The van der Waals surface area contributed by atoms with Crippen LogP contribution >= 0.6 is 15.9 Å². The molecular formula is C18H21BrFN. The van der Waals surface area contributed by atoms with Crippen molar-refractivity contribution < 1.29 is 4.39 Å². The average molecular weight is 350 g/mol. The summed E-state index contributed by atoms with van der Waals surface area (Å²) < 4.78 is 14.8. The first-order valence-electron chi connectivity index (χ1n) is 7.31. The Bertz CT molecular complexity index is 571. The maximum atomic E-state index is 14.1. The fourth-order valence-electron chi connectivity index (χ4n) is 2.82. The first kappa shape index (κ1) is 16.2. The molecule has 0 aliphatic rings. The number of hydrogen-bond acceptors (Lipinski definition) is 1. The van der Waals surface area contributed by atoms with Crippen LogP contribution in [0.2, 0.25) is 0 Å². The van der Waals surface area contributed by atoms with Gasteiger partial charge in [-0.3, -0.25) is 0 Å². The summed E-state index contributed by atoms with van der Waals surface area (Å²) in [7, 11) is 1.95. The predicted molar refractivity (Wildman–Crippen MR) is 90.1 cm³/mol. The van der Waals surface area contributed by atoms with E-state index in [9.17, 15) is 4.39 Å². The van der Waals surface area contributed by atoms with E-state index in [4.69, 9.17) is 0 Å². The smallest absolute Gasteiger partial charge is 0.127 e. The van der Waals surface area contributed by atoms with Gasteiger partial charge in [-0.05, 0) is 49.1 Å². The van der Waals surface area contributed by atoms with Gasteiger partial charge < -0.3 is 5.32 Å². The van der Waals surface area contributed by atoms with Crippen LogP contribution in [0.4, 0.5) is 4.39 Å². The lowest BCUT2D eigenvalue weighted by Gasteiger charge is -2.27. The van der Waals surface area contributed by atoms with Crippen molar-refractivity contribution in [2.24, 2.45) is 0 Å². The minimum absolute atomic E-state index is 0.146. The third-order valence-electron chi connectivity index (χ3n) is 3.98. The van der Waals surface area contributed by atoms with Gasteiger partial charge >= 0.3 is 0 Å². The number of halogens is 2. The third kappa shape index (κ3) is 4.14. The quantitative estimate of drug-likeness (QED) is 0.780. The maximum Gasteiger partial charge on any atom is 0.127 e. The monoisotopic (exact) mass is 349 g/mol. The number of benzene rings is 2. The third-order valence-corrected chi connectivity index (χ3v) is 4.47. The summed E-state index contributed by atoms with van der Waals surface area (Å²) >= 11 is 3.30. The molecule has 2 atom stereocenters. The molecule has 0 radical (unpaired) electrons. The van der Waals surface area contributed by atoms with Crippen molar-refractivity contribution in [2.45, 2.75) is 31.7 Å². The zero-order chi connectivity index (χ0) is 15.2. The second kappa shape index (κ2) is 7.71. The van der Waals surface area contributed by atoms with E-state index in [2.05, 4.69) is 52.4 Å². The van der Waals surface area contributed by atoms with Crippen molar-refractivity contribution >= 4 is 15.9 Å². The summed E-state index contributed by atoms with van der Waals surface area (Å²) in [5.41, 5.74) is 2.06. The van der Waals surface area contributed by atoms with E-state index in [0.717, 1.165) is 16.5 Å². The van der Waals surface area contributed by atoms with Crippen molar-refractivity contribution in [1.82, 2.24) is 5.32 Å². The Morgan fingerprint density at radius 2 is 1.86 bits per heavy atom. The van der Waals surface area contributed by atoms with Gasteiger partial charge in [0.15, 0.2) is 0 Å². The summed E-state index contributed by atoms with van der Waals surface area (Å²) in [4.78, 5) is 0. The predicted octanol–water partition coefficient (Wildman–Crippen LogP) is 4.91. The molecule has 0 fully saturated rings. The highest BCUT2D eigenvalue weighted by Gasteiger charge is 2.21. The summed E-state index contributed by atoms with van der Waals surface area (Å²) in [5, 5.41) is 3.36. The lowest BCUT2D eigenvalue weighted by Crippen LogP contribution is -2.34. The minimum Gasteiger partial charge on any atom is -0.316 e. The van der Waals surface area contributed by atoms with Crippen molar-refractivity contribution in [2.75, 3.05) is 7.05 Å². The van der Waals surface area contributed by atoms with Gasteiger partial charge in [0.1, 0.15) is 5.82 Å². The first-order valence-corrected chi connectivity index (χ1v) is 8.11. The zero-order valence-electron chi connectivity index (χ0n) is 12.4. The standard InChI is InChI=1S/C18H21BrFN/c1-3-16(13-7-5-4-6-8-13)18(21-2)11-14-9-10-15(19)12-17(14)20/h4-10,12,16,18,21H,3,11H2,1-2H3. The fourth-order valence-corrected chi connectivity index (χ4v) is 3.16. The second-order valence-corrected chi connectivity index (χ2v) is 6.18. The van der Waals surface area contributed by atoms with Gasteiger partial charge in [-0.25, -0.2) is 4.39 Å². The molecule has 0 saturated carbocycles. The van der Waals surface area contributed by atoms with Gasteiger partial charge in [0.2, 0.25) is 0 Å². The van der Waals surface area contributed by atoms with Crippen LogP contribution in [0.1, 0.15) is 30.4 Å². The Morgan fingerprint density at radius 3 is 2.43 bits per heavy atom. The molecular weight excluding hydrogens is 329 g/mol. The van der Waals surface area contributed by atoms with Gasteiger partial charge in [0.05, 0.1) is 0 Å². The summed E-state index contributed by atoms with van der Waals surface area (Å²) in [6.45, 7) is 2.18. The van der Waals surface area contributed by atoms with E-state index in [1.165, 1.54) is 11.6 Å². The van der Waals surface area contributed by atoms with E-state index in [1.54, 1.807) is 0 Å². The molecule has 1 N–H and O–H groups in total. The number of nitrogens with one attached hydrogen (secondary N) is 1. The van der Waals surface area contributed by atoms with Crippen LogP contribution in [-0.2, 0) is 6.42 Å². The number of rotatable bonds is 6. The molecule has 0 spiro atoms. The van der Waals surface area contributed by atoms with Gasteiger partial charge in [-0.15, -0.1) is 0 Å². The maximum absolute atomic E-state index is 14.1. The molecule has 2 aromatic carbocycles. The first-order chi connectivity index (χ1) is 10.2. The van der Waals surface area contributed by atoms with Crippen molar-refractivity contribution in [3.05, 3.63) is 69.9 Å². The van der Waals surface area contributed by atoms with Gasteiger partial charge in [-0.2, -0.15) is 0 Å². The van der Waals surface area contributed by atoms with E-state index in [0.29, 0.717) is 12.3 Å². The van der Waals surface area contributed by atoms with Crippen LogP contribution in [0.25, 0.3) is 0 Å². The van der Waals surface area contributed by atoms with Gasteiger partial charge in [-0.1, -0.05) is 59.3 Å². The van der Waals surface area contributed by atoms with Crippen molar-refractivity contribution in [3.63, 3.8) is 0 Å². The molecule has 0 aromatic heterocycles. The summed E-state index contributed by atoms with van der Waals surface area (Å²) in [5.74, 6) is 0.229. The molecule has 112 valence electrons. The molecule has 0 bridgehead atoms. The van der Waals surface area contributed by atoms with E-state index < -0.39 is 0 Å². The number of likely N-dealkylation sites (N-methyl/N-ethyl adjacent to an activating group) is 1. The molecule has 1 nitrogen and oxygen atoms in total. The van der Waals surface area contributed by atoms with E-state index >= 15 is 0 Å². The Balaban J connectivity index is 2.22. The normalized spacial score (nSPS) is 13.9. The SMILES string of the molecule is CCC(c1ccccc1)C(Cc1ccc(Br)cc1F)NC. The minimum atomic E-state index is -0.146. The molecule has 0 amide bonds. The van der Waals surface area contributed by atoms with Crippen LogP contribution in [0.3, 0.4) is 0 Å². The topological polar surface area (TPSA) is 12.0 Å². The lowest BCUT2D eigenvalue weighted by molar-refractivity contribution is 0.441. The number of hydrogen-bond donors (Lipinski definition) is 1. The van der Waals surface area contributed by atoms with Crippen LogP contribution in [0, 0.1) is 5.82 Å². The Hall–Kier alpha value is -1.19. The molecule has 0 heterocycles. The van der Waals surface area contributed by atoms with Crippen LogP contribution in [0.5, 0.6) is 0 Å². The fraction of sp³-hybridized carbons (Fsp3) is 0.333. The molecule has 3 heteroatoms. The highest BCUT2D eigenvalue weighted by atomic mass is 79.9. The summed E-state index contributed by atoms with van der Waals surface area (Å²) in [6.07, 6.45) is 1.71. The summed E-state index contributed by atoms with van der Waals surface area (Å²) in [6, 6.07) is 16.0. The van der Waals surface area contributed by atoms with Crippen molar-refractivity contribution in [3.8, 4) is 0 Å². The molecule has 2 unspecified atom stereocenters. The molecule has 21 heavy (non-hydrogen) atoms. The molecule has 2 aromatic rings. The lowest BCUT2D eigenvalue weighted by atomic mass is 9.85. The van der Waals surface area contributed by atoms with Crippen molar-refractivity contribution in [1.29, 1.82) is 0 Å². The molecule has 0 aliphatic carbocycles. The molecule has 0 saturated heterocycles. The largest absolute Gasteiger partial charge is 0.316 e. The Kier molecular flexibility index (Phi) is 5.95. The van der Waals surface area contributed by atoms with E-state index in [1.807, 2.05) is 25.2 Å². The highest BCUT2D eigenvalue weighted by Crippen LogP contribution is 2.26.